The number of benzene rings is 2. The topological polar surface area (TPSA) is 84.9 Å². The van der Waals surface area contributed by atoms with Crippen LogP contribution >= 0.6 is 0 Å². The Kier molecular flexibility index (Phi) is 5.79. The molecular formula is C23H22N2O5. The zero-order valence-electron chi connectivity index (χ0n) is 16.4. The average molecular weight is 406 g/mol. The Morgan fingerprint density at radius 3 is 2.63 bits per heavy atom. The van der Waals surface area contributed by atoms with Crippen molar-refractivity contribution in [1.82, 2.24) is 4.90 Å². The van der Waals surface area contributed by atoms with Crippen LogP contribution in [0.5, 0.6) is 5.75 Å². The Hall–Kier alpha value is -3.61. The highest BCUT2D eigenvalue weighted by atomic mass is 16.5. The standard InChI is InChI=1S/C23H22N2O5/c26-21(25-12-10-17(11-13-25)16-6-2-1-3-7-16)15-29-22(27)14-20-23(28)24-18-8-4-5-9-19(18)30-20/h1-10,20H,11-15H2,(H,24,28)/t20-/m0/s1. The van der Waals surface area contributed by atoms with Crippen LogP contribution in [0.15, 0.2) is 60.7 Å². The number of hydrogen-bond donors (Lipinski definition) is 1. The van der Waals surface area contributed by atoms with E-state index in [1.165, 1.54) is 5.57 Å². The van der Waals surface area contributed by atoms with E-state index in [0.717, 1.165) is 12.0 Å². The van der Waals surface area contributed by atoms with Crippen LogP contribution < -0.4 is 10.1 Å². The van der Waals surface area contributed by atoms with Crippen LogP contribution in [0.25, 0.3) is 5.57 Å². The van der Waals surface area contributed by atoms with Crippen LogP contribution in [0.4, 0.5) is 5.69 Å². The van der Waals surface area contributed by atoms with E-state index < -0.39 is 18.0 Å². The number of ether oxygens (including phenoxy) is 2. The van der Waals surface area contributed by atoms with Crippen LogP contribution in [0.1, 0.15) is 18.4 Å². The fraction of sp³-hybridized carbons (Fsp3) is 0.261. The molecular weight excluding hydrogens is 384 g/mol. The SMILES string of the molecule is O=C(C[C@@H]1Oc2ccccc2NC1=O)OCC(=O)N1CC=C(c2ccccc2)CC1. The Morgan fingerprint density at radius 2 is 1.87 bits per heavy atom. The van der Waals surface area contributed by atoms with Crippen LogP contribution in [0, 0.1) is 0 Å². The molecule has 2 amide bonds. The molecule has 7 nitrogen and oxygen atoms in total. The van der Waals surface area contributed by atoms with Gasteiger partial charge in [-0.3, -0.25) is 14.4 Å². The lowest BCUT2D eigenvalue weighted by molar-refractivity contribution is -0.154. The van der Waals surface area contributed by atoms with Gasteiger partial charge in [0.25, 0.3) is 11.8 Å². The molecule has 2 aromatic rings. The molecule has 0 fully saturated rings. The van der Waals surface area contributed by atoms with Gasteiger partial charge in [0, 0.05) is 13.1 Å². The van der Waals surface area contributed by atoms with Gasteiger partial charge in [-0.05, 0) is 29.7 Å². The number of carbonyl (C=O) groups is 3. The van der Waals surface area contributed by atoms with E-state index in [-0.39, 0.29) is 18.9 Å². The summed E-state index contributed by atoms with van der Waals surface area (Å²) in [5, 5.41) is 2.70. The summed E-state index contributed by atoms with van der Waals surface area (Å²) in [4.78, 5) is 38.3. The van der Waals surface area contributed by atoms with Crippen molar-refractivity contribution < 1.29 is 23.9 Å². The number of amides is 2. The van der Waals surface area contributed by atoms with Gasteiger partial charge in [-0.15, -0.1) is 0 Å². The largest absolute Gasteiger partial charge is 0.478 e. The Balaban J connectivity index is 1.25. The molecule has 2 heterocycles. The van der Waals surface area contributed by atoms with Gasteiger partial charge in [-0.2, -0.15) is 0 Å². The number of nitrogens with zero attached hydrogens (tertiary/aromatic N) is 1. The predicted molar refractivity (Wildman–Crippen MR) is 111 cm³/mol. The van der Waals surface area contributed by atoms with E-state index in [0.29, 0.717) is 24.5 Å². The fourth-order valence-electron chi connectivity index (χ4n) is 3.48. The number of anilines is 1. The van der Waals surface area contributed by atoms with E-state index in [4.69, 9.17) is 9.47 Å². The van der Waals surface area contributed by atoms with Crippen molar-refractivity contribution in [3.05, 3.63) is 66.2 Å². The van der Waals surface area contributed by atoms with Gasteiger partial charge in [0.1, 0.15) is 5.75 Å². The smallest absolute Gasteiger partial charge is 0.310 e. The molecule has 0 unspecified atom stereocenters. The van der Waals surface area contributed by atoms with E-state index in [2.05, 4.69) is 5.32 Å². The third-order valence-electron chi connectivity index (χ3n) is 5.12. The molecule has 0 saturated heterocycles. The van der Waals surface area contributed by atoms with Gasteiger partial charge < -0.3 is 19.7 Å². The highest BCUT2D eigenvalue weighted by Crippen LogP contribution is 2.29. The number of carbonyl (C=O) groups excluding carboxylic acids is 3. The molecule has 30 heavy (non-hydrogen) atoms. The number of para-hydroxylation sites is 2. The number of rotatable bonds is 5. The van der Waals surface area contributed by atoms with E-state index in [9.17, 15) is 14.4 Å². The molecule has 0 aromatic heterocycles. The molecule has 1 N–H and O–H groups in total. The van der Waals surface area contributed by atoms with Gasteiger partial charge >= 0.3 is 5.97 Å². The van der Waals surface area contributed by atoms with E-state index in [1.807, 2.05) is 36.4 Å². The van der Waals surface area contributed by atoms with Gasteiger partial charge in [-0.25, -0.2) is 0 Å². The lowest BCUT2D eigenvalue weighted by Gasteiger charge is -2.27. The van der Waals surface area contributed by atoms with E-state index in [1.54, 1.807) is 29.2 Å². The van der Waals surface area contributed by atoms with Crippen LogP contribution in [0.2, 0.25) is 0 Å². The number of fused-ring (bicyclic) bond motifs is 1. The third kappa shape index (κ3) is 4.51. The lowest BCUT2D eigenvalue weighted by atomic mass is 10.00. The summed E-state index contributed by atoms with van der Waals surface area (Å²) in [5.74, 6) is -0.821. The van der Waals surface area contributed by atoms with Gasteiger partial charge in [-0.1, -0.05) is 48.5 Å². The molecule has 1 atom stereocenters. The molecule has 2 aromatic carbocycles. The maximum atomic E-state index is 12.4. The van der Waals surface area contributed by atoms with Crippen LogP contribution in [-0.4, -0.2) is 48.5 Å². The fourth-order valence-corrected chi connectivity index (χ4v) is 3.48. The number of nitrogens with one attached hydrogen (secondary N) is 1. The number of esters is 1. The monoisotopic (exact) mass is 406 g/mol. The van der Waals surface area contributed by atoms with Gasteiger partial charge in [0.15, 0.2) is 12.7 Å². The molecule has 0 saturated carbocycles. The molecule has 2 aliphatic rings. The van der Waals surface area contributed by atoms with Crippen molar-refractivity contribution in [3.63, 3.8) is 0 Å². The van der Waals surface area contributed by atoms with Crippen molar-refractivity contribution in [2.45, 2.75) is 18.9 Å². The lowest BCUT2D eigenvalue weighted by Crippen LogP contribution is -2.40. The van der Waals surface area contributed by atoms with Crippen molar-refractivity contribution >= 4 is 29.0 Å². The van der Waals surface area contributed by atoms with Gasteiger partial charge in [0.05, 0.1) is 12.1 Å². The van der Waals surface area contributed by atoms with Crippen LogP contribution in [0.3, 0.4) is 0 Å². The highest BCUT2D eigenvalue weighted by Gasteiger charge is 2.30. The molecule has 0 radical (unpaired) electrons. The normalized spacial score (nSPS) is 17.9. The second kappa shape index (κ2) is 8.82. The first kappa shape index (κ1) is 19.7. The molecule has 154 valence electrons. The summed E-state index contributed by atoms with van der Waals surface area (Å²) in [5.41, 5.74) is 2.93. The predicted octanol–water partition coefficient (Wildman–Crippen LogP) is 2.64. The number of hydrogen-bond acceptors (Lipinski definition) is 5. The zero-order valence-corrected chi connectivity index (χ0v) is 16.4. The Bertz CT molecular complexity index is 986. The molecule has 7 heteroatoms. The Labute approximate surface area is 174 Å². The first-order valence-corrected chi connectivity index (χ1v) is 9.84. The van der Waals surface area contributed by atoms with Gasteiger partial charge in [0.2, 0.25) is 0 Å². The minimum Gasteiger partial charge on any atom is -0.478 e. The highest BCUT2D eigenvalue weighted by molar-refractivity contribution is 5.99. The maximum absolute atomic E-state index is 12.4. The molecule has 0 aliphatic carbocycles. The Morgan fingerprint density at radius 1 is 1.10 bits per heavy atom. The molecule has 2 aliphatic heterocycles. The van der Waals surface area contributed by atoms with Crippen molar-refractivity contribution in [2.24, 2.45) is 0 Å². The van der Waals surface area contributed by atoms with Crippen molar-refractivity contribution in [2.75, 3.05) is 25.0 Å². The summed E-state index contributed by atoms with van der Waals surface area (Å²) < 4.78 is 10.7. The van der Waals surface area contributed by atoms with Crippen LogP contribution in [-0.2, 0) is 19.1 Å². The zero-order chi connectivity index (χ0) is 20.9. The summed E-state index contributed by atoms with van der Waals surface area (Å²) in [6, 6.07) is 17.0. The maximum Gasteiger partial charge on any atom is 0.310 e. The summed E-state index contributed by atoms with van der Waals surface area (Å²) >= 11 is 0. The summed E-state index contributed by atoms with van der Waals surface area (Å²) in [6.45, 7) is 0.700. The second-order valence-corrected chi connectivity index (χ2v) is 7.14. The first-order valence-electron chi connectivity index (χ1n) is 9.84. The van der Waals surface area contributed by atoms with E-state index >= 15 is 0 Å². The molecule has 0 spiro atoms. The average Bonchev–Trinajstić information content (AvgIpc) is 2.78. The minimum absolute atomic E-state index is 0.258. The third-order valence-corrected chi connectivity index (χ3v) is 5.12. The summed E-state index contributed by atoms with van der Waals surface area (Å²) in [6.07, 6.45) is 1.54. The second-order valence-electron chi connectivity index (χ2n) is 7.14. The molecule has 4 rings (SSSR count). The quantitative estimate of drug-likeness (QED) is 0.772. The first-order chi connectivity index (χ1) is 14.6. The summed E-state index contributed by atoms with van der Waals surface area (Å²) in [7, 11) is 0. The minimum atomic E-state index is -0.978. The van der Waals surface area contributed by atoms with Crippen molar-refractivity contribution in [3.8, 4) is 5.75 Å². The van der Waals surface area contributed by atoms with Crippen molar-refractivity contribution in [1.29, 1.82) is 0 Å². The molecule has 0 bridgehead atoms.